The van der Waals surface area contributed by atoms with Crippen molar-refractivity contribution >= 4 is 23.2 Å². The van der Waals surface area contributed by atoms with Gasteiger partial charge < -0.3 is 15.5 Å². The first-order valence-electron chi connectivity index (χ1n) is 12.2. The highest BCUT2D eigenvalue weighted by atomic mass is 19.4. The van der Waals surface area contributed by atoms with Crippen LogP contribution in [0, 0.1) is 0 Å². The van der Waals surface area contributed by atoms with Crippen LogP contribution in [0.15, 0.2) is 36.4 Å². The van der Waals surface area contributed by atoms with Gasteiger partial charge in [-0.15, -0.1) is 0 Å². The Hall–Kier alpha value is -3.24. The molecule has 1 saturated heterocycles. The molecule has 1 heterocycles. The van der Waals surface area contributed by atoms with Gasteiger partial charge in [-0.2, -0.15) is 26.3 Å². The number of carbonyl (C=O) groups is 2. The van der Waals surface area contributed by atoms with E-state index in [1.165, 1.54) is 12.1 Å². The summed E-state index contributed by atoms with van der Waals surface area (Å²) in [4.78, 5) is 28.0. The Morgan fingerprint density at radius 1 is 0.757 bits per heavy atom. The summed E-state index contributed by atoms with van der Waals surface area (Å²) in [5.74, 6) is -1.48. The van der Waals surface area contributed by atoms with E-state index in [-0.39, 0.29) is 23.7 Å². The molecule has 0 radical (unpaired) electrons. The summed E-state index contributed by atoms with van der Waals surface area (Å²) in [5, 5.41) is 5.39. The SMILES string of the molecule is O=C(Nc1ccc(N2CCCC2)c(C(=O)NC2CCCCC2)c1)c1cc(C(F)(F)F)cc(C(F)(F)F)c1. The van der Waals surface area contributed by atoms with Gasteiger partial charge >= 0.3 is 12.4 Å². The number of alkyl halides is 6. The van der Waals surface area contributed by atoms with Crippen molar-refractivity contribution in [3.63, 3.8) is 0 Å². The van der Waals surface area contributed by atoms with Crippen LogP contribution >= 0.6 is 0 Å². The van der Waals surface area contributed by atoms with E-state index in [0.717, 1.165) is 58.0 Å². The molecule has 1 aliphatic heterocycles. The second kappa shape index (κ2) is 10.6. The lowest BCUT2D eigenvalue weighted by atomic mass is 9.95. The lowest BCUT2D eigenvalue weighted by molar-refractivity contribution is -0.143. The maximum Gasteiger partial charge on any atom is 0.416 e. The molecule has 11 heteroatoms. The molecule has 0 atom stereocenters. The highest BCUT2D eigenvalue weighted by Gasteiger charge is 2.37. The molecule has 0 spiro atoms. The number of nitrogens with zero attached hydrogens (tertiary/aromatic N) is 1. The smallest absolute Gasteiger partial charge is 0.371 e. The Morgan fingerprint density at radius 2 is 1.35 bits per heavy atom. The highest BCUT2D eigenvalue weighted by molar-refractivity contribution is 6.06. The molecule has 0 aromatic heterocycles. The molecular formula is C26H27F6N3O2. The zero-order chi connectivity index (χ0) is 26.8. The first-order valence-corrected chi connectivity index (χ1v) is 12.2. The number of halogens is 6. The van der Waals surface area contributed by atoms with E-state index in [2.05, 4.69) is 10.6 Å². The Balaban J connectivity index is 1.63. The summed E-state index contributed by atoms with van der Waals surface area (Å²) >= 11 is 0. The molecule has 0 unspecified atom stereocenters. The number of hydrogen-bond acceptors (Lipinski definition) is 3. The van der Waals surface area contributed by atoms with E-state index in [1.807, 2.05) is 4.90 Å². The first-order chi connectivity index (χ1) is 17.4. The predicted molar refractivity (Wildman–Crippen MR) is 127 cm³/mol. The van der Waals surface area contributed by atoms with Crippen LogP contribution in [0.1, 0.15) is 76.8 Å². The molecule has 200 valence electrons. The van der Waals surface area contributed by atoms with Crippen LogP contribution in [0.5, 0.6) is 0 Å². The maximum absolute atomic E-state index is 13.2. The van der Waals surface area contributed by atoms with Crippen LogP contribution in [0.3, 0.4) is 0 Å². The number of anilines is 2. The molecule has 4 rings (SSSR count). The predicted octanol–water partition coefficient (Wildman–Crippen LogP) is 6.64. The third-order valence-electron chi connectivity index (χ3n) is 6.74. The van der Waals surface area contributed by atoms with Crippen molar-refractivity contribution in [2.75, 3.05) is 23.3 Å². The van der Waals surface area contributed by atoms with Crippen LogP contribution in [-0.4, -0.2) is 30.9 Å². The van der Waals surface area contributed by atoms with Gasteiger partial charge in [0.2, 0.25) is 0 Å². The van der Waals surface area contributed by atoms with E-state index in [0.29, 0.717) is 23.4 Å². The minimum Gasteiger partial charge on any atom is -0.371 e. The fourth-order valence-electron chi connectivity index (χ4n) is 4.83. The Bertz CT molecular complexity index is 1120. The van der Waals surface area contributed by atoms with E-state index in [1.54, 1.807) is 6.07 Å². The number of amides is 2. The third-order valence-corrected chi connectivity index (χ3v) is 6.74. The Morgan fingerprint density at radius 3 is 1.92 bits per heavy atom. The van der Waals surface area contributed by atoms with Crippen molar-refractivity contribution in [3.05, 3.63) is 58.7 Å². The molecule has 1 aliphatic carbocycles. The Kier molecular flexibility index (Phi) is 7.70. The summed E-state index contributed by atoms with van der Waals surface area (Å²) in [7, 11) is 0. The largest absolute Gasteiger partial charge is 0.416 e. The van der Waals surface area contributed by atoms with Gasteiger partial charge in [0.25, 0.3) is 11.8 Å². The maximum atomic E-state index is 13.2. The Labute approximate surface area is 210 Å². The van der Waals surface area contributed by atoms with Gasteiger partial charge in [0.05, 0.1) is 16.7 Å². The molecule has 5 nitrogen and oxygen atoms in total. The third kappa shape index (κ3) is 6.56. The average molecular weight is 528 g/mol. The number of benzene rings is 2. The number of rotatable bonds is 5. The van der Waals surface area contributed by atoms with E-state index < -0.39 is 35.0 Å². The molecule has 2 aliphatic rings. The molecule has 2 fully saturated rings. The van der Waals surface area contributed by atoms with Crippen LogP contribution in [0.25, 0.3) is 0 Å². The lowest BCUT2D eigenvalue weighted by Gasteiger charge is -2.26. The second-order valence-corrected chi connectivity index (χ2v) is 9.48. The first kappa shape index (κ1) is 26.8. The van der Waals surface area contributed by atoms with E-state index in [9.17, 15) is 35.9 Å². The van der Waals surface area contributed by atoms with Crippen LogP contribution in [-0.2, 0) is 12.4 Å². The molecule has 2 aromatic rings. The van der Waals surface area contributed by atoms with Gasteiger partial charge in [-0.3, -0.25) is 9.59 Å². The van der Waals surface area contributed by atoms with Crippen LogP contribution in [0.4, 0.5) is 37.7 Å². The molecule has 2 N–H and O–H groups in total. The van der Waals surface area contributed by atoms with Gasteiger partial charge in [0.1, 0.15) is 0 Å². The summed E-state index contributed by atoms with van der Waals surface area (Å²) in [6.07, 6.45) is -3.38. The molecule has 2 amide bonds. The molecular weight excluding hydrogens is 500 g/mol. The average Bonchev–Trinajstić information content (AvgIpc) is 3.38. The molecule has 2 aromatic carbocycles. The van der Waals surface area contributed by atoms with Crippen molar-refractivity contribution < 1.29 is 35.9 Å². The summed E-state index contributed by atoms with van der Waals surface area (Å²) in [6, 6.07) is 5.29. The van der Waals surface area contributed by atoms with Gasteiger partial charge in [-0.25, -0.2) is 0 Å². The van der Waals surface area contributed by atoms with Crippen molar-refractivity contribution in [2.24, 2.45) is 0 Å². The highest BCUT2D eigenvalue weighted by Crippen LogP contribution is 2.36. The van der Waals surface area contributed by atoms with Gasteiger partial charge in [0.15, 0.2) is 0 Å². The van der Waals surface area contributed by atoms with Crippen LogP contribution < -0.4 is 15.5 Å². The van der Waals surface area contributed by atoms with Crippen LogP contribution in [0.2, 0.25) is 0 Å². The topological polar surface area (TPSA) is 61.4 Å². The van der Waals surface area contributed by atoms with E-state index >= 15 is 0 Å². The van der Waals surface area contributed by atoms with Crippen molar-refractivity contribution in [2.45, 2.75) is 63.3 Å². The van der Waals surface area contributed by atoms with E-state index in [4.69, 9.17) is 0 Å². The standard InChI is InChI=1S/C26H27F6N3O2/c27-25(28,29)17-12-16(13-18(14-17)26(30,31)32)23(36)34-20-8-9-22(35-10-4-5-11-35)21(15-20)24(37)33-19-6-2-1-3-7-19/h8-9,12-15,19H,1-7,10-11H2,(H,33,37)(H,34,36). The van der Waals surface area contributed by atoms with Crippen molar-refractivity contribution in [1.82, 2.24) is 5.32 Å². The van der Waals surface area contributed by atoms with Gasteiger partial charge in [0, 0.05) is 36.1 Å². The number of hydrogen-bond donors (Lipinski definition) is 2. The quantitative estimate of drug-likeness (QED) is 0.429. The molecule has 0 bridgehead atoms. The molecule has 1 saturated carbocycles. The summed E-state index contributed by atoms with van der Waals surface area (Å²) in [6.45, 7) is 1.50. The van der Waals surface area contributed by atoms with Crippen molar-refractivity contribution in [3.8, 4) is 0 Å². The normalized spacial score (nSPS) is 17.1. The fourth-order valence-corrected chi connectivity index (χ4v) is 4.83. The zero-order valence-electron chi connectivity index (χ0n) is 19.9. The van der Waals surface area contributed by atoms with Gasteiger partial charge in [-0.05, 0) is 62.1 Å². The minimum atomic E-state index is -5.07. The molecule has 37 heavy (non-hydrogen) atoms. The van der Waals surface area contributed by atoms with Crippen molar-refractivity contribution in [1.29, 1.82) is 0 Å². The zero-order valence-corrected chi connectivity index (χ0v) is 19.9. The van der Waals surface area contributed by atoms with Gasteiger partial charge in [-0.1, -0.05) is 19.3 Å². The number of carbonyl (C=O) groups excluding carboxylic acids is 2. The monoisotopic (exact) mass is 527 g/mol. The fraction of sp³-hybridized carbons (Fsp3) is 0.462. The lowest BCUT2D eigenvalue weighted by Crippen LogP contribution is -2.37. The minimum absolute atomic E-state index is 0.0248. The summed E-state index contributed by atoms with van der Waals surface area (Å²) < 4.78 is 79.2. The number of nitrogens with one attached hydrogen (secondary N) is 2. The second-order valence-electron chi connectivity index (χ2n) is 9.48. The summed E-state index contributed by atoms with van der Waals surface area (Å²) in [5.41, 5.74) is -2.90.